The van der Waals surface area contributed by atoms with Crippen LogP contribution in [-0.2, 0) is 16.1 Å². The van der Waals surface area contributed by atoms with Gasteiger partial charge in [-0.05, 0) is 17.7 Å². The number of amides is 2. The second-order valence-electron chi connectivity index (χ2n) is 3.36. The molecule has 0 aliphatic heterocycles. The molecule has 0 unspecified atom stereocenters. The van der Waals surface area contributed by atoms with Crippen molar-refractivity contribution in [1.82, 2.24) is 5.32 Å². The number of carbonyl (C=O) groups excluding carboxylic acids is 2. The number of carbonyl (C=O) groups is 2. The highest BCUT2D eigenvalue weighted by atomic mass is 16.2. The summed E-state index contributed by atoms with van der Waals surface area (Å²) in [5.41, 5.74) is 7.13. The van der Waals surface area contributed by atoms with Crippen LogP contribution in [0, 0.1) is 0 Å². The van der Waals surface area contributed by atoms with Crippen molar-refractivity contribution in [2.24, 2.45) is 5.73 Å². The van der Waals surface area contributed by atoms with E-state index in [1.165, 1.54) is 6.92 Å². The lowest BCUT2D eigenvalue weighted by atomic mass is 10.2. The van der Waals surface area contributed by atoms with Crippen LogP contribution in [0.2, 0.25) is 0 Å². The second kappa shape index (κ2) is 5.87. The van der Waals surface area contributed by atoms with Gasteiger partial charge in [0.1, 0.15) is 0 Å². The average Bonchev–Trinajstić information content (AvgIpc) is 2.27. The number of anilines is 1. The van der Waals surface area contributed by atoms with E-state index in [-0.39, 0.29) is 18.4 Å². The largest absolute Gasteiger partial charge is 0.347 e. The van der Waals surface area contributed by atoms with Crippen LogP contribution >= 0.6 is 0 Å². The first-order valence-corrected chi connectivity index (χ1v) is 4.95. The first-order valence-electron chi connectivity index (χ1n) is 4.95. The molecule has 0 fully saturated rings. The molecule has 5 heteroatoms. The van der Waals surface area contributed by atoms with Crippen molar-refractivity contribution >= 4 is 17.5 Å². The maximum atomic E-state index is 11.3. The number of nitrogens with one attached hydrogen (secondary N) is 2. The molecular formula is C11H15N3O2. The molecular weight excluding hydrogens is 206 g/mol. The van der Waals surface area contributed by atoms with Crippen LogP contribution in [0.25, 0.3) is 0 Å². The maximum absolute atomic E-state index is 11.3. The molecule has 0 aromatic heterocycles. The SMILES string of the molecule is CC(=O)NCC(=O)Nc1ccc(CN)cc1. The number of nitrogens with two attached hydrogens (primary N) is 1. The minimum absolute atomic E-state index is 0.0199. The molecule has 1 aromatic rings. The summed E-state index contributed by atoms with van der Waals surface area (Å²) >= 11 is 0. The van der Waals surface area contributed by atoms with E-state index in [1.807, 2.05) is 12.1 Å². The number of benzene rings is 1. The highest BCUT2D eigenvalue weighted by Crippen LogP contribution is 2.08. The van der Waals surface area contributed by atoms with Gasteiger partial charge in [-0.15, -0.1) is 0 Å². The van der Waals surface area contributed by atoms with Crippen molar-refractivity contribution in [3.05, 3.63) is 29.8 Å². The standard InChI is InChI=1S/C11H15N3O2/c1-8(15)13-7-11(16)14-10-4-2-9(6-12)3-5-10/h2-5H,6-7,12H2,1H3,(H,13,15)(H,14,16). The molecule has 0 saturated carbocycles. The second-order valence-corrected chi connectivity index (χ2v) is 3.36. The third kappa shape index (κ3) is 4.10. The Morgan fingerprint density at radius 2 is 1.88 bits per heavy atom. The molecule has 0 heterocycles. The van der Waals surface area contributed by atoms with Gasteiger partial charge < -0.3 is 16.4 Å². The van der Waals surface area contributed by atoms with E-state index in [9.17, 15) is 9.59 Å². The fourth-order valence-corrected chi connectivity index (χ4v) is 1.13. The molecule has 1 aromatic carbocycles. The highest BCUT2D eigenvalue weighted by Gasteiger charge is 2.02. The summed E-state index contributed by atoms with van der Waals surface area (Å²) in [4.78, 5) is 21.9. The highest BCUT2D eigenvalue weighted by molar-refractivity contribution is 5.94. The Labute approximate surface area is 94.0 Å². The van der Waals surface area contributed by atoms with Crippen LogP contribution in [-0.4, -0.2) is 18.4 Å². The molecule has 0 aliphatic carbocycles. The third-order valence-corrected chi connectivity index (χ3v) is 1.97. The van der Waals surface area contributed by atoms with Crippen molar-refractivity contribution < 1.29 is 9.59 Å². The molecule has 2 amide bonds. The smallest absolute Gasteiger partial charge is 0.243 e. The van der Waals surface area contributed by atoms with E-state index in [1.54, 1.807) is 12.1 Å². The zero-order chi connectivity index (χ0) is 12.0. The molecule has 1 rings (SSSR count). The van der Waals surface area contributed by atoms with E-state index in [2.05, 4.69) is 10.6 Å². The monoisotopic (exact) mass is 221 g/mol. The minimum Gasteiger partial charge on any atom is -0.347 e. The first kappa shape index (κ1) is 12.2. The van der Waals surface area contributed by atoms with E-state index in [0.717, 1.165) is 5.56 Å². The molecule has 0 radical (unpaired) electrons. The molecule has 86 valence electrons. The number of hydrogen-bond donors (Lipinski definition) is 3. The van der Waals surface area contributed by atoms with Gasteiger partial charge in [-0.1, -0.05) is 12.1 Å². The van der Waals surface area contributed by atoms with Gasteiger partial charge in [0.15, 0.2) is 0 Å². The van der Waals surface area contributed by atoms with Crippen LogP contribution in [0.5, 0.6) is 0 Å². The Morgan fingerprint density at radius 1 is 1.25 bits per heavy atom. The van der Waals surface area contributed by atoms with Crippen LogP contribution in [0.1, 0.15) is 12.5 Å². The van der Waals surface area contributed by atoms with Crippen molar-refractivity contribution in [1.29, 1.82) is 0 Å². The predicted octanol–water partition coefficient (Wildman–Crippen LogP) is 0.220. The zero-order valence-corrected chi connectivity index (χ0v) is 9.12. The van der Waals surface area contributed by atoms with E-state index in [0.29, 0.717) is 12.2 Å². The van der Waals surface area contributed by atoms with Gasteiger partial charge in [0.25, 0.3) is 0 Å². The Balaban J connectivity index is 2.46. The summed E-state index contributed by atoms with van der Waals surface area (Å²) in [5.74, 6) is -0.482. The van der Waals surface area contributed by atoms with Gasteiger partial charge in [-0.25, -0.2) is 0 Å². The average molecular weight is 221 g/mol. The lowest BCUT2D eigenvalue weighted by molar-refractivity contribution is -0.122. The molecule has 0 saturated heterocycles. The van der Waals surface area contributed by atoms with Gasteiger partial charge in [0, 0.05) is 19.2 Å². The van der Waals surface area contributed by atoms with E-state index in [4.69, 9.17) is 5.73 Å². The van der Waals surface area contributed by atoms with Gasteiger partial charge in [-0.2, -0.15) is 0 Å². The van der Waals surface area contributed by atoms with Crippen LogP contribution in [0.15, 0.2) is 24.3 Å². The topological polar surface area (TPSA) is 84.2 Å². The summed E-state index contributed by atoms with van der Waals surface area (Å²) in [5, 5.41) is 5.07. The molecule has 0 bridgehead atoms. The maximum Gasteiger partial charge on any atom is 0.243 e. The fourth-order valence-electron chi connectivity index (χ4n) is 1.13. The predicted molar refractivity (Wildman–Crippen MR) is 61.6 cm³/mol. The normalized spacial score (nSPS) is 9.62. The zero-order valence-electron chi connectivity index (χ0n) is 9.12. The summed E-state index contributed by atoms with van der Waals surface area (Å²) in [7, 11) is 0. The summed E-state index contributed by atoms with van der Waals surface area (Å²) in [6.45, 7) is 1.82. The number of hydrogen-bond acceptors (Lipinski definition) is 3. The molecule has 0 spiro atoms. The molecule has 16 heavy (non-hydrogen) atoms. The van der Waals surface area contributed by atoms with Crippen molar-refractivity contribution in [2.75, 3.05) is 11.9 Å². The van der Waals surface area contributed by atoms with Crippen LogP contribution in [0.4, 0.5) is 5.69 Å². The van der Waals surface area contributed by atoms with Gasteiger partial charge in [0.05, 0.1) is 6.54 Å². The lowest BCUT2D eigenvalue weighted by Gasteiger charge is -2.06. The van der Waals surface area contributed by atoms with Crippen molar-refractivity contribution in [2.45, 2.75) is 13.5 Å². The fraction of sp³-hybridized carbons (Fsp3) is 0.273. The van der Waals surface area contributed by atoms with Crippen LogP contribution < -0.4 is 16.4 Å². The Hall–Kier alpha value is -1.88. The Kier molecular flexibility index (Phi) is 4.47. The van der Waals surface area contributed by atoms with Gasteiger partial charge >= 0.3 is 0 Å². The Bertz CT molecular complexity index is 373. The quantitative estimate of drug-likeness (QED) is 0.680. The third-order valence-electron chi connectivity index (χ3n) is 1.97. The summed E-state index contributed by atoms with van der Waals surface area (Å²) < 4.78 is 0. The molecule has 4 N–H and O–H groups in total. The summed E-state index contributed by atoms with van der Waals surface area (Å²) in [6.07, 6.45) is 0. The van der Waals surface area contributed by atoms with E-state index < -0.39 is 0 Å². The number of rotatable bonds is 4. The Morgan fingerprint density at radius 3 is 2.38 bits per heavy atom. The van der Waals surface area contributed by atoms with Crippen molar-refractivity contribution in [3.8, 4) is 0 Å². The van der Waals surface area contributed by atoms with Gasteiger partial charge in [0.2, 0.25) is 11.8 Å². The van der Waals surface area contributed by atoms with Gasteiger partial charge in [-0.3, -0.25) is 9.59 Å². The molecule has 0 atom stereocenters. The molecule has 0 aliphatic rings. The van der Waals surface area contributed by atoms with E-state index >= 15 is 0 Å². The lowest BCUT2D eigenvalue weighted by Crippen LogP contribution is -2.31. The van der Waals surface area contributed by atoms with Crippen molar-refractivity contribution in [3.63, 3.8) is 0 Å². The molecule has 5 nitrogen and oxygen atoms in total. The first-order chi connectivity index (χ1) is 7.61. The summed E-state index contributed by atoms with van der Waals surface area (Å²) in [6, 6.07) is 7.23. The minimum atomic E-state index is -0.254. The van der Waals surface area contributed by atoms with Crippen LogP contribution in [0.3, 0.4) is 0 Å².